The van der Waals surface area contributed by atoms with Crippen LogP contribution in [0.4, 0.5) is 5.69 Å². The van der Waals surface area contributed by atoms with Gasteiger partial charge in [-0.15, -0.1) is 0 Å². The highest BCUT2D eigenvalue weighted by Crippen LogP contribution is 2.30. The maximum absolute atomic E-state index is 12.2. The van der Waals surface area contributed by atoms with Crippen molar-refractivity contribution in [2.45, 2.75) is 25.8 Å². The van der Waals surface area contributed by atoms with Crippen molar-refractivity contribution in [1.29, 1.82) is 5.26 Å². The van der Waals surface area contributed by atoms with Crippen LogP contribution >= 0.6 is 0 Å². The van der Waals surface area contributed by atoms with E-state index >= 15 is 0 Å². The summed E-state index contributed by atoms with van der Waals surface area (Å²) in [5, 5.41) is 10.7. The van der Waals surface area contributed by atoms with Gasteiger partial charge in [-0.25, -0.2) is 0 Å². The standard InChI is InChI=1S/C14H15N3O2/c1-10-6-7-11-4-2-3-5-12(11)17(10)14(19)13(18)16-9-8-15/h2-5,10H,6-7,9H2,1H3,(H,16,18). The molecule has 1 aliphatic rings. The van der Waals surface area contributed by atoms with E-state index in [0.29, 0.717) is 0 Å². The molecule has 0 radical (unpaired) electrons. The van der Waals surface area contributed by atoms with Crippen molar-refractivity contribution in [2.75, 3.05) is 11.4 Å². The number of aryl methyl sites for hydroxylation is 1. The van der Waals surface area contributed by atoms with Crippen molar-refractivity contribution in [3.05, 3.63) is 29.8 Å². The van der Waals surface area contributed by atoms with Crippen molar-refractivity contribution in [3.8, 4) is 6.07 Å². The van der Waals surface area contributed by atoms with Crippen LogP contribution in [0.15, 0.2) is 24.3 Å². The Kier molecular flexibility index (Phi) is 3.81. The minimum Gasteiger partial charge on any atom is -0.335 e. The molecule has 0 saturated heterocycles. The Morgan fingerprint density at radius 2 is 2.21 bits per heavy atom. The molecule has 1 aromatic rings. The molecule has 0 fully saturated rings. The molecular weight excluding hydrogens is 242 g/mol. The SMILES string of the molecule is CC1CCc2ccccc2N1C(=O)C(=O)NCC#N. The van der Waals surface area contributed by atoms with E-state index < -0.39 is 11.8 Å². The van der Waals surface area contributed by atoms with Gasteiger partial charge in [-0.05, 0) is 31.4 Å². The molecular formula is C14H15N3O2. The molecule has 1 aromatic carbocycles. The van der Waals surface area contributed by atoms with Gasteiger partial charge in [-0.1, -0.05) is 18.2 Å². The zero-order valence-electron chi connectivity index (χ0n) is 10.7. The highest BCUT2D eigenvalue weighted by atomic mass is 16.2. The molecule has 1 heterocycles. The normalized spacial score (nSPS) is 17.3. The second kappa shape index (κ2) is 5.53. The van der Waals surface area contributed by atoms with E-state index in [1.807, 2.05) is 31.2 Å². The molecule has 1 unspecified atom stereocenters. The lowest BCUT2D eigenvalue weighted by Crippen LogP contribution is -2.49. The van der Waals surface area contributed by atoms with E-state index in [1.165, 1.54) is 4.90 Å². The molecule has 2 amide bonds. The number of hydrogen-bond acceptors (Lipinski definition) is 3. The Morgan fingerprint density at radius 1 is 1.47 bits per heavy atom. The molecule has 0 spiro atoms. The number of nitrogens with one attached hydrogen (secondary N) is 1. The summed E-state index contributed by atoms with van der Waals surface area (Å²) in [5.41, 5.74) is 1.86. The van der Waals surface area contributed by atoms with Gasteiger partial charge >= 0.3 is 11.8 Å². The van der Waals surface area contributed by atoms with Crippen LogP contribution in [0.2, 0.25) is 0 Å². The fourth-order valence-corrected chi connectivity index (χ4v) is 2.30. The highest BCUT2D eigenvalue weighted by Gasteiger charge is 2.31. The number of fused-ring (bicyclic) bond motifs is 1. The zero-order chi connectivity index (χ0) is 13.8. The van der Waals surface area contributed by atoms with Gasteiger partial charge in [-0.3, -0.25) is 9.59 Å². The molecule has 1 aliphatic heterocycles. The Hall–Kier alpha value is -2.35. The van der Waals surface area contributed by atoms with Crippen LogP contribution in [-0.2, 0) is 16.0 Å². The summed E-state index contributed by atoms with van der Waals surface area (Å²) in [6.45, 7) is 1.76. The summed E-state index contributed by atoms with van der Waals surface area (Å²) in [6, 6.07) is 9.36. The van der Waals surface area contributed by atoms with Gasteiger partial charge in [-0.2, -0.15) is 5.26 Å². The molecule has 1 atom stereocenters. The minimum absolute atomic E-state index is 0.0183. The van der Waals surface area contributed by atoms with Gasteiger partial charge < -0.3 is 10.2 Å². The van der Waals surface area contributed by atoms with Gasteiger partial charge in [0.2, 0.25) is 0 Å². The summed E-state index contributed by atoms with van der Waals surface area (Å²) >= 11 is 0. The molecule has 5 heteroatoms. The lowest BCUT2D eigenvalue weighted by molar-refractivity contribution is -0.137. The number of hydrogen-bond donors (Lipinski definition) is 1. The third-order valence-electron chi connectivity index (χ3n) is 3.26. The number of benzene rings is 1. The lowest BCUT2D eigenvalue weighted by Gasteiger charge is -2.34. The highest BCUT2D eigenvalue weighted by molar-refractivity contribution is 6.40. The monoisotopic (exact) mass is 257 g/mol. The number of anilines is 1. The van der Waals surface area contributed by atoms with Crippen molar-refractivity contribution in [3.63, 3.8) is 0 Å². The lowest BCUT2D eigenvalue weighted by atomic mass is 9.96. The number of amides is 2. The minimum atomic E-state index is -0.731. The maximum atomic E-state index is 12.2. The molecule has 2 rings (SSSR count). The van der Waals surface area contributed by atoms with E-state index in [-0.39, 0.29) is 12.6 Å². The van der Waals surface area contributed by atoms with Crippen molar-refractivity contribution in [1.82, 2.24) is 5.32 Å². The summed E-state index contributed by atoms with van der Waals surface area (Å²) in [7, 11) is 0. The van der Waals surface area contributed by atoms with E-state index in [4.69, 9.17) is 5.26 Å². The Bertz CT molecular complexity index is 548. The smallest absolute Gasteiger partial charge is 0.316 e. The largest absolute Gasteiger partial charge is 0.335 e. The molecule has 5 nitrogen and oxygen atoms in total. The molecule has 1 N–H and O–H groups in total. The number of carbonyl (C=O) groups excluding carboxylic acids is 2. The molecule has 0 aliphatic carbocycles. The van der Waals surface area contributed by atoms with E-state index in [0.717, 1.165) is 24.1 Å². The molecule has 98 valence electrons. The third-order valence-corrected chi connectivity index (χ3v) is 3.26. The molecule has 0 saturated carbocycles. The number of nitrogens with zero attached hydrogens (tertiary/aromatic N) is 2. The quantitative estimate of drug-likeness (QED) is 0.602. The van der Waals surface area contributed by atoms with E-state index in [9.17, 15) is 9.59 Å². The van der Waals surface area contributed by atoms with Crippen LogP contribution < -0.4 is 10.2 Å². The summed E-state index contributed by atoms with van der Waals surface area (Å²) < 4.78 is 0. The predicted octanol–water partition coefficient (Wildman–Crippen LogP) is 0.994. The number of carbonyl (C=O) groups is 2. The van der Waals surface area contributed by atoms with E-state index in [2.05, 4.69) is 5.32 Å². The average Bonchev–Trinajstić information content (AvgIpc) is 2.44. The van der Waals surface area contributed by atoms with Crippen LogP contribution in [0, 0.1) is 11.3 Å². The topological polar surface area (TPSA) is 73.2 Å². The maximum Gasteiger partial charge on any atom is 0.316 e. The third kappa shape index (κ3) is 2.58. The predicted molar refractivity (Wildman–Crippen MR) is 70.3 cm³/mol. The van der Waals surface area contributed by atoms with Crippen LogP contribution in [0.25, 0.3) is 0 Å². The van der Waals surface area contributed by atoms with Crippen molar-refractivity contribution < 1.29 is 9.59 Å². The molecule has 19 heavy (non-hydrogen) atoms. The summed E-state index contributed by atoms with van der Waals surface area (Å²) in [6.07, 6.45) is 1.73. The van der Waals surface area contributed by atoms with E-state index in [1.54, 1.807) is 6.07 Å². The zero-order valence-corrected chi connectivity index (χ0v) is 10.7. The van der Waals surface area contributed by atoms with Gasteiger partial charge in [0.25, 0.3) is 0 Å². The molecule has 0 aromatic heterocycles. The Morgan fingerprint density at radius 3 is 2.95 bits per heavy atom. The van der Waals surface area contributed by atoms with Gasteiger partial charge in [0.1, 0.15) is 6.54 Å². The number of nitriles is 1. The number of para-hydroxylation sites is 1. The first-order chi connectivity index (χ1) is 9.15. The van der Waals surface area contributed by atoms with Gasteiger partial charge in [0, 0.05) is 11.7 Å². The van der Waals surface area contributed by atoms with Crippen LogP contribution in [0.1, 0.15) is 18.9 Å². The van der Waals surface area contributed by atoms with Crippen LogP contribution in [0.3, 0.4) is 0 Å². The first kappa shape index (κ1) is 13.1. The Labute approximate surface area is 111 Å². The fraction of sp³-hybridized carbons (Fsp3) is 0.357. The van der Waals surface area contributed by atoms with Gasteiger partial charge in [0.15, 0.2) is 0 Å². The Balaban J connectivity index is 2.26. The van der Waals surface area contributed by atoms with Crippen molar-refractivity contribution in [2.24, 2.45) is 0 Å². The number of rotatable bonds is 1. The molecule has 0 bridgehead atoms. The second-order valence-corrected chi connectivity index (χ2v) is 4.53. The van der Waals surface area contributed by atoms with Crippen molar-refractivity contribution >= 4 is 17.5 Å². The second-order valence-electron chi connectivity index (χ2n) is 4.53. The average molecular weight is 257 g/mol. The van der Waals surface area contributed by atoms with Crippen LogP contribution in [0.5, 0.6) is 0 Å². The van der Waals surface area contributed by atoms with Gasteiger partial charge in [0.05, 0.1) is 6.07 Å². The van der Waals surface area contributed by atoms with Crippen LogP contribution in [-0.4, -0.2) is 24.4 Å². The summed E-state index contributed by atoms with van der Waals surface area (Å²) in [5.74, 6) is -1.33. The summed E-state index contributed by atoms with van der Waals surface area (Å²) in [4.78, 5) is 25.4. The first-order valence-corrected chi connectivity index (χ1v) is 6.21. The first-order valence-electron chi connectivity index (χ1n) is 6.21. The fourth-order valence-electron chi connectivity index (χ4n) is 2.30.